The number of alkyl halides is 1. The highest BCUT2D eigenvalue weighted by Crippen LogP contribution is 2.29. The first-order valence-corrected chi connectivity index (χ1v) is 6.28. The molecule has 1 aliphatic carbocycles. The van der Waals surface area contributed by atoms with Gasteiger partial charge in [-0.25, -0.2) is 0 Å². The van der Waals surface area contributed by atoms with Crippen molar-refractivity contribution in [3.8, 4) is 5.75 Å². The largest absolute Gasteiger partial charge is 0.496 e. The van der Waals surface area contributed by atoms with Crippen LogP contribution in [0.15, 0.2) is 18.2 Å². The normalized spacial score (nSPS) is 18.4. The van der Waals surface area contributed by atoms with Gasteiger partial charge in [0.1, 0.15) is 11.6 Å². The lowest BCUT2D eigenvalue weighted by molar-refractivity contribution is -0.119. The highest BCUT2D eigenvalue weighted by atomic mass is 35.5. The fourth-order valence-corrected chi connectivity index (χ4v) is 2.41. The summed E-state index contributed by atoms with van der Waals surface area (Å²) in [5, 5.41) is 2.93. The van der Waals surface area contributed by atoms with Gasteiger partial charge < -0.3 is 10.1 Å². The van der Waals surface area contributed by atoms with Crippen LogP contribution in [0.4, 0.5) is 0 Å². The smallest absolute Gasteiger partial charge is 0.235 e. The van der Waals surface area contributed by atoms with Crippen molar-refractivity contribution in [1.82, 2.24) is 5.32 Å². The Balaban J connectivity index is 2.14. The molecule has 4 heteroatoms. The number of hydrogen-bond donors (Lipinski definition) is 1. The molecule has 0 aliphatic heterocycles. The second-order valence-corrected chi connectivity index (χ2v) is 4.51. The summed E-state index contributed by atoms with van der Waals surface area (Å²) >= 11 is 5.49. The molecule has 1 N–H and O–H groups in total. The third-order valence-corrected chi connectivity index (χ3v) is 3.39. The Bertz CT molecular complexity index is 406. The molecule has 0 fully saturated rings. The zero-order valence-corrected chi connectivity index (χ0v) is 10.6. The molecule has 1 amide bonds. The highest BCUT2D eigenvalue weighted by Gasteiger charge is 2.22. The molecule has 0 saturated heterocycles. The number of carbonyl (C=O) groups excluding carboxylic acids is 1. The molecule has 1 aromatic rings. The molecule has 0 heterocycles. The Labute approximate surface area is 106 Å². The maximum atomic E-state index is 11.3. The minimum absolute atomic E-state index is 0.0231. The van der Waals surface area contributed by atoms with Gasteiger partial charge in [-0.15, -0.1) is 11.6 Å². The van der Waals surface area contributed by atoms with Crippen LogP contribution in [0, 0.1) is 0 Å². The number of halogens is 1. The van der Waals surface area contributed by atoms with Gasteiger partial charge in [-0.2, -0.15) is 0 Å². The highest BCUT2D eigenvalue weighted by molar-refractivity contribution is 6.27. The molecule has 0 saturated carbocycles. The van der Waals surface area contributed by atoms with E-state index in [0.29, 0.717) is 0 Å². The van der Waals surface area contributed by atoms with E-state index in [1.165, 1.54) is 11.1 Å². The number of rotatable bonds is 3. The van der Waals surface area contributed by atoms with Gasteiger partial charge in [0.05, 0.1) is 7.11 Å². The molecule has 17 heavy (non-hydrogen) atoms. The van der Waals surface area contributed by atoms with E-state index in [0.717, 1.165) is 25.0 Å². The lowest BCUT2D eigenvalue weighted by Crippen LogP contribution is -2.39. The van der Waals surface area contributed by atoms with Crippen LogP contribution in [-0.2, 0) is 17.6 Å². The summed E-state index contributed by atoms with van der Waals surface area (Å²) in [4.78, 5) is 11.3. The molecule has 0 unspecified atom stereocenters. The third-order valence-electron chi connectivity index (χ3n) is 3.15. The second kappa shape index (κ2) is 5.41. The van der Waals surface area contributed by atoms with Crippen LogP contribution in [-0.4, -0.2) is 24.9 Å². The summed E-state index contributed by atoms with van der Waals surface area (Å²) in [6, 6.07) is 6.27. The number of ether oxygens (including phenoxy) is 1. The number of aryl methyl sites for hydroxylation is 1. The fraction of sp³-hybridized carbons (Fsp3) is 0.462. The average molecular weight is 254 g/mol. The van der Waals surface area contributed by atoms with Crippen molar-refractivity contribution in [3.63, 3.8) is 0 Å². The molecule has 2 rings (SSSR count). The third kappa shape index (κ3) is 2.72. The molecular weight excluding hydrogens is 238 g/mol. The number of carbonyl (C=O) groups is 1. The summed E-state index contributed by atoms with van der Waals surface area (Å²) < 4.78 is 5.35. The SMILES string of the molecule is COc1cccc2c1C[C@@H](NC(=O)CCl)CC2. The molecule has 1 aromatic carbocycles. The van der Waals surface area contributed by atoms with E-state index in [9.17, 15) is 4.79 Å². The molecule has 92 valence electrons. The summed E-state index contributed by atoms with van der Waals surface area (Å²) in [5.41, 5.74) is 2.53. The molecule has 0 radical (unpaired) electrons. The van der Waals surface area contributed by atoms with E-state index < -0.39 is 0 Å². The van der Waals surface area contributed by atoms with Crippen LogP contribution in [0.25, 0.3) is 0 Å². The first-order valence-electron chi connectivity index (χ1n) is 5.74. The molecule has 3 nitrogen and oxygen atoms in total. The zero-order chi connectivity index (χ0) is 12.3. The first kappa shape index (κ1) is 12.2. The van der Waals surface area contributed by atoms with Gasteiger partial charge in [0, 0.05) is 6.04 Å². The fourth-order valence-electron chi connectivity index (χ4n) is 2.34. The standard InChI is InChI=1S/C13H16ClNO2/c1-17-12-4-2-3-9-5-6-10(7-11(9)12)15-13(16)8-14/h2-4,10H,5-8H2,1H3,(H,15,16)/t10-/m0/s1. The van der Waals surface area contributed by atoms with Crippen molar-refractivity contribution in [2.75, 3.05) is 13.0 Å². The van der Waals surface area contributed by atoms with Crippen LogP contribution >= 0.6 is 11.6 Å². The number of fused-ring (bicyclic) bond motifs is 1. The minimum Gasteiger partial charge on any atom is -0.496 e. The number of methoxy groups -OCH3 is 1. The Morgan fingerprint density at radius 1 is 1.59 bits per heavy atom. The Morgan fingerprint density at radius 3 is 3.12 bits per heavy atom. The second-order valence-electron chi connectivity index (χ2n) is 4.24. The van der Waals surface area contributed by atoms with Gasteiger partial charge >= 0.3 is 0 Å². The minimum atomic E-state index is -0.102. The van der Waals surface area contributed by atoms with E-state index >= 15 is 0 Å². The Kier molecular flexibility index (Phi) is 3.89. The zero-order valence-electron chi connectivity index (χ0n) is 9.83. The van der Waals surface area contributed by atoms with Gasteiger partial charge in [-0.05, 0) is 36.5 Å². The summed E-state index contributed by atoms with van der Waals surface area (Å²) in [7, 11) is 1.68. The number of nitrogens with one attached hydrogen (secondary N) is 1. The number of hydrogen-bond acceptors (Lipinski definition) is 2. The van der Waals surface area contributed by atoms with Gasteiger partial charge in [0.25, 0.3) is 0 Å². The Morgan fingerprint density at radius 2 is 2.41 bits per heavy atom. The van der Waals surface area contributed by atoms with E-state index in [-0.39, 0.29) is 17.8 Å². The summed E-state index contributed by atoms with van der Waals surface area (Å²) in [6.45, 7) is 0. The van der Waals surface area contributed by atoms with E-state index in [4.69, 9.17) is 16.3 Å². The predicted octanol–water partition coefficient (Wildman–Crippen LogP) is 1.91. The Hall–Kier alpha value is -1.22. The van der Waals surface area contributed by atoms with E-state index in [2.05, 4.69) is 11.4 Å². The molecule has 1 atom stereocenters. The van der Waals surface area contributed by atoms with Gasteiger partial charge in [0.2, 0.25) is 5.91 Å². The monoisotopic (exact) mass is 253 g/mol. The van der Waals surface area contributed by atoms with Crippen molar-refractivity contribution in [2.45, 2.75) is 25.3 Å². The molecule has 0 bridgehead atoms. The summed E-state index contributed by atoms with van der Waals surface area (Å²) in [5.74, 6) is 0.831. The van der Waals surface area contributed by atoms with Crippen molar-refractivity contribution in [1.29, 1.82) is 0 Å². The van der Waals surface area contributed by atoms with Gasteiger partial charge in [0.15, 0.2) is 0 Å². The lowest BCUT2D eigenvalue weighted by Gasteiger charge is -2.26. The molecule has 0 aromatic heterocycles. The van der Waals surface area contributed by atoms with Crippen molar-refractivity contribution in [3.05, 3.63) is 29.3 Å². The molecular formula is C13H16ClNO2. The average Bonchev–Trinajstić information content (AvgIpc) is 2.37. The van der Waals surface area contributed by atoms with Crippen LogP contribution in [0.3, 0.4) is 0 Å². The molecule has 1 aliphatic rings. The molecule has 0 spiro atoms. The van der Waals surface area contributed by atoms with E-state index in [1.807, 2.05) is 12.1 Å². The van der Waals surface area contributed by atoms with Gasteiger partial charge in [-0.1, -0.05) is 12.1 Å². The van der Waals surface area contributed by atoms with Crippen LogP contribution in [0.2, 0.25) is 0 Å². The van der Waals surface area contributed by atoms with Crippen molar-refractivity contribution < 1.29 is 9.53 Å². The maximum absolute atomic E-state index is 11.3. The van der Waals surface area contributed by atoms with Crippen molar-refractivity contribution >= 4 is 17.5 Å². The van der Waals surface area contributed by atoms with Crippen molar-refractivity contribution in [2.24, 2.45) is 0 Å². The lowest BCUT2D eigenvalue weighted by atomic mass is 9.87. The topological polar surface area (TPSA) is 38.3 Å². The van der Waals surface area contributed by atoms with Crippen LogP contribution in [0.1, 0.15) is 17.5 Å². The quantitative estimate of drug-likeness (QED) is 0.836. The van der Waals surface area contributed by atoms with Crippen LogP contribution in [0.5, 0.6) is 5.75 Å². The maximum Gasteiger partial charge on any atom is 0.235 e. The first-order chi connectivity index (χ1) is 8.24. The van der Waals surface area contributed by atoms with Crippen LogP contribution < -0.4 is 10.1 Å². The summed E-state index contributed by atoms with van der Waals surface area (Å²) in [6.07, 6.45) is 2.75. The predicted molar refractivity (Wildman–Crippen MR) is 67.7 cm³/mol. The number of amides is 1. The van der Waals surface area contributed by atoms with Gasteiger partial charge in [-0.3, -0.25) is 4.79 Å². The van der Waals surface area contributed by atoms with E-state index in [1.54, 1.807) is 7.11 Å². The number of benzene rings is 1.